The normalized spacial score (nSPS) is 11.4. The van der Waals surface area contributed by atoms with Crippen LogP contribution in [0.25, 0.3) is 43.1 Å². The molecule has 0 unspecified atom stereocenters. The van der Waals surface area contributed by atoms with Crippen LogP contribution in [-0.2, 0) is 0 Å². The van der Waals surface area contributed by atoms with Gasteiger partial charge >= 0.3 is 0 Å². The molecule has 204 valence electrons. The molecule has 40 heavy (non-hydrogen) atoms. The maximum Gasteiger partial charge on any atom is 0.253 e. The summed E-state index contributed by atoms with van der Waals surface area (Å²) in [5, 5.41) is 6.13. The SMILES string of the molecule is CN(C)C(=O)c1ccc2c3ccc(C(=O)N(C)C)c4c(C(=O)N(C)C)ccc(c5ccc(C(=O)N(C)C)c1c25)c43. The van der Waals surface area contributed by atoms with Crippen LogP contribution >= 0.6 is 0 Å². The number of nitrogens with zero attached hydrogens (tertiary/aromatic N) is 4. The molecule has 0 heterocycles. The first-order chi connectivity index (χ1) is 18.9. The van der Waals surface area contributed by atoms with Crippen molar-refractivity contribution in [2.24, 2.45) is 0 Å². The van der Waals surface area contributed by atoms with Crippen molar-refractivity contribution in [3.05, 3.63) is 70.8 Å². The minimum atomic E-state index is -0.202. The molecule has 5 aromatic rings. The third kappa shape index (κ3) is 3.82. The molecular formula is C32H32N4O4. The highest BCUT2D eigenvalue weighted by atomic mass is 16.2. The molecule has 0 saturated carbocycles. The summed E-state index contributed by atoms with van der Waals surface area (Å²) in [6.45, 7) is 0. The number of fused-ring (bicyclic) bond motifs is 2. The summed E-state index contributed by atoms with van der Waals surface area (Å²) >= 11 is 0. The molecule has 0 fully saturated rings. The Morgan fingerprint density at radius 2 is 0.550 bits per heavy atom. The first-order valence-corrected chi connectivity index (χ1v) is 12.9. The minimum absolute atomic E-state index is 0.202. The van der Waals surface area contributed by atoms with Gasteiger partial charge in [-0.2, -0.15) is 0 Å². The molecular weight excluding hydrogens is 504 g/mol. The highest BCUT2D eigenvalue weighted by molar-refractivity contribution is 6.38. The third-order valence-electron chi connectivity index (χ3n) is 7.45. The molecule has 0 N–H and O–H groups in total. The van der Waals surface area contributed by atoms with Crippen LogP contribution < -0.4 is 0 Å². The van der Waals surface area contributed by atoms with Crippen molar-refractivity contribution < 1.29 is 19.2 Å². The second kappa shape index (κ2) is 9.48. The Balaban J connectivity index is 2.07. The highest BCUT2D eigenvalue weighted by Gasteiger charge is 2.27. The van der Waals surface area contributed by atoms with Gasteiger partial charge in [-0.15, -0.1) is 0 Å². The van der Waals surface area contributed by atoms with Gasteiger partial charge in [-0.25, -0.2) is 0 Å². The molecule has 4 amide bonds. The Hall–Kier alpha value is -4.72. The zero-order valence-corrected chi connectivity index (χ0v) is 24.0. The van der Waals surface area contributed by atoms with Crippen molar-refractivity contribution in [1.29, 1.82) is 0 Å². The number of benzene rings is 5. The maximum atomic E-state index is 13.4. The fourth-order valence-corrected chi connectivity index (χ4v) is 5.57. The van der Waals surface area contributed by atoms with E-state index in [2.05, 4.69) is 0 Å². The quantitative estimate of drug-likeness (QED) is 0.249. The van der Waals surface area contributed by atoms with Gasteiger partial charge in [0.15, 0.2) is 0 Å². The Morgan fingerprint density at radius 3 is 0.725 bits per heavy atom. The Morgan fingerprint density at radius 1 is 0.350 bits per heavy atom. The molecule has 0 aliphatic rings. The van der Waals surface area contributed by atoms with E-state index in [-0.39, 0.29) is 23.6 Å². The van der Waals surface area contributed by atoms with Gasteiger partial charge in [0.25, 0.3) is 23.6 Å². The first-order valence-electron chi connectivity index (χ1n) is 12.9. The summed E-state index contributed by atoms with van der Waals surface area (Å²) in [6.07, 6.45) is 0. The van der Waals surface area contributed by atoms with Gasteiger partial charge in [0.1, 0.15) is 0 Å². The van der Waals surface area contributed by atoms with Crippen LogP contribution in [0.15, 0.2) is 48.5 Å². The Labute approximate surface area is 232 Å². The maximum absolute atomic E-state index is 13.4. The summed E-state index contributed by atoms with van der Waals surface area (Å²) in [6, 6.07) is 14.7. The van der Waals surface area contributed by atoms with E-state index in [0.29, 0.717) is 33.0 Å². The van der Waals surface area contributed by atoms with E-state index in [1.165, 1.54) is 19.6 Å². The zero-order valence-electron chi connectivity index (χ0n) is 24.0. The molecule has 5 rings (SSSR count). The van der Waals surface area contributed by atoms with Gasteiger partial charge in [-0.05, 0) is 56.6 Å². The lowest BCUT2D eigenvalue weighted by Gasteiger charge is -2.23. The molecule has 8 nitrogen and oxygen atoms in total. The second-order valence-corrected chi connectivity index (χ2v) is 10.9. The first kappa shape index (κ1) is 26.9. The van der Waals surface area contributed by atoms with Crippen molar-refractivity contribution in [3.8, 4) is 0 Å². The predicted molar refractivity (Wildman–Crippen MR) is 160 cm³/mol. The van der Waals surface area contributed by atoms with Crippen LogP contribution in [0.5, 0.6) is 0 Å². The molecule has 0 radical (unpaired) electrons. The number of carbonyl (C=O) groups is 4. The molecule has 0 atom stereocenters. The lowest BCUT2D eigenvalue weighted by atomic mass is 9.84. The van der Waals surface area contributed by atoms with Crippen molar-refractivity contribution >= 4 is 66.7 Å². The largest absolute Gasteiger partial charge is 0.345 e. The lowest BCUT2D eigenvalue weighted by molar-refractivity contribution is 0.0816. The van der Waals surface area contributed by atoms with Gasteiger partial charge in [0.2, 0.25) is 0 Å². The fraction of sp³-hybridized carbons (Fsp3) is 0.250. The average Bonchev–Trinajstić information content (AvgIpc) is 2.93. The van der Waals surface area contributed by atoms with Crippen LogP contribution in [0.4, 0.5) is 0 Å². The number of amides is 4. The van der Waals surface area contributed by atoms with Gasteiger partial charge in [0, 0.05) is 89.4 Å². The highest BCUT2D eigenvalue weighted by Crippen LogP contribution is 2.44. The summed E-state index contributed by atoms with van der Waals surface area (Å²) in [7, 11) is 13.5. The molecule has 0 aromatic heterocycles. The van der Waals surface area contributed by atoms with E-state index in [1.807, 2.05) is 24.3 Å². The minimum Gasteiger partial charge on any atom is -0.345 e. The van der Waals surface area contributed by atoms with E-state index >= 15 is 0 Å². The van der Waals surface area contributed by atoms with Gasteiger partial charge in [0.05, 0.1) is 0 Å². The van der Waals surface area contributed by atoms with Crippen molar-refractivity contribution in [2.75, 3.05) is 56.4 Å². The summed E-state index contributed by atoms with van der Waals surface area (Å²) in [5.74, 6) is -0.810. The van der Waals surface area contributed by atoms with Gasteiger partial charge < -0.3 is 19.6 Å². The molecule has 0 bridgehead atoms. The zero-order chi connectivity index (χ0) is 29.2. The molecule has 0 saturated heterocycles. The Bertz CT molecular complexity index is 1620. The summed E-state index contributed by atoms with van der Waals surface area (Å²) in [4.78, 5) is 59.4. The molecule has 0 aliphatic carbocycles. The molecule has 0 spiro atoms. The molecule has 8 heteroatoms. The van der Waals surface area contributed by atoms with E-state index < -0.39 is 0 Å². The van der Waals surface area contributed by atoms with Crippen LogP contribution in [0.3, 0.4) is 0 Å². The van der Waals surface area contributed by atoms with E-state index in [4.69, 9.17) is 0 Å². The second-order valence-electron chi connectivity index (χ2n) is 10.9. The topological polar surface area (TPSA) is 81.2 Å². The number of rotatable bonds is 4. The smallest absolute Gasteiger partial charge is 0.253 e. The van der Waals surface area contributed by atoms with Crippen LogP contribution in [0.1, 0.15) is 41.4 Å². The van der Waals surface area contributed by atoms with Crippen LogP contribution in [0.2, 0.25) is 0 Å². The standard InChI is InChI=1S/C32H32N4O4/c1-33(2)29(37)21-13-9-17-19-11-15-23(31(39)35(5)6)28-24(32(40)36(7)8)16-12-20(26(19)28)18-10-14-22(27(21)25(17)18)30(38)34(3)4/h9-16H,1-8H3. The van der Waals surface area contributed by atoms with Crippen molar-refractivity contribution in [3.63, 3.8) is 0 Å². The predicted octanol–water partition coefficient (Wildman–Crippen LogP) is 4.54. The number of hydrogen-bond donors (Lipinski definition) is 0. The molecule has 5 aromatic carbocycles. The van der Waals surface area contributed by atoms with E-state index in [1.54, 1.807) is 80.6 Å². The van der Waals surface area contributed by atoms with Gasteiger partial charge in [-0.3, -0.25) is 19.2 Å². The monoisotopic (exact) mass is 536 g/mol. The van der Waals surface area contributed by atoms with E-state index in [0.717, 1.165) is 32.3 Å². The third-order valence-corrected chi connectivity index (χ3v) is 7.45. The molecule has 0 aliphatic heterocycles. The van der Waals surface area contributed by atoms with E-state index in [9.17, 15) is 19.2 Å². The van der Waals surface area contributed by atoms with Gasteiger partial charge in [-0.1, -0.05) is 24.3 Å². The van der Waals surface area contributed by atoms with Crippen molar-refractivity contribution in [1.82, 2.24) is 19.6 Å². The van der Waals surface area contributed by atoms with Crippen LogP contribution in [-0.4, -0.2) is 99.6 Å². The van der Waals surface area contributed by atoms with Crippen molar-refractivity contribution in [2.45, 2.75) is 0 Å². The number of carbonyl (C=O) groups excluding carboxylic acids is 4. The average molecular weight is 537 g/mol. The van der Waals surface area contributed by atoms with Crippen LogP contribution in [0, 0.1) is 0 Å². The summed E-state index contributed by atoms with van der Waals surface area (Å²) in [5.41, 5.74) is 1.76. The number of hydrogen-bond acceptors (Lipinski definition) is 4. The Kier molecular flexibility index (Phi) is 6.37. The summed E-state index contributed by atoms with van der Waals surface area (Å²) < 4.78 is 0. The lowest BCUT2D eigenvalue weighted by Crippen LogP contribution is -2.25. The fourth-order valence-electron chi connectivity index (χ4n) is 5.57.